The molecule has 0 amide bonds. The second-order valence-corrected chi connectivity index (χ2v) is 8.41. The largest absolute Gasteiger partial charge is 0.261 e. The third-order valence-corrected chi connectivity index (χ3v) is 2.81. The molecule has 0 N–H and O–H groups in total. The van der Waals surface area contributed by atoms with E-state index >= 15 is 0 Å². The molecule has 0 bridgehead atoms. The van der Waals surface area contributed by atoms with E-state index in [-0.39, 0.29) is 0 Å². The van der Waals surface area contributed by atoms with Crippen LogP contribution in [0, 0.1) is 11.8 Å². The summed E-state index contributed by atoms with van der Waals surface area (Å²) in [5.74, 6) is 2.15. The Balaban J connectivity index is 0.000000394. The van der Waals surface area contributed by atoms with Crippen LogP contribution in [0.3, 0.4) is 0 Å². The van der Waals surface area contributed by atoms with Gasteiger partial charge in [0, 0.05) is 31.0 Å². The van der Waals surface area contributed by atoms with Crippen LogP contribution < -0.4 is 0 Å². The van der Waals surface area contributed by atoms with Gasteiger partial charge in [-0.1, -0.05) is 67.5 Å². The van der Waals surface area contributed by atoms with E-state index < -0.39 is 0 Å². The molecule has 0 spiro atoms. The summed E-state index contributed by atoms with van der Waals surface area (Å²) in [6, 6.07) is 9.27. The average molecular weight is 439 g/mol. The molecule has 0 aliphatic carbocycles. The van der Waals surface area contributed by atoms with Crippen LogP contribution in [-0.4, -0.2) is 30.2 Å². The summed E-state index contributed by atoms with van der Waals surface area (Å²) in [5.41, 5.74) is 2.66. The number of nitrogens with zero attached hydrogens (tertiary/aromatic N) is 6. The van der Waals surface area contributed by atoms with E-state index in [1.165, 1.54) is 6.33 Å². The highest BCUT2D eigenvalue weighted by molar-refractivity contribution is 5.72. The lowest BCUT2D eigenvalue weighted by molar-refractivity contribution is 0.315. The quantitative estimate of drug-likeness (QED) is 0.329. The Morgan fingerprint density at radius 3 is 1.41 bits per heavy atom. The summed E-state index contributed by atoms with van der Waals surface area (Å²) >= 11 is 0. The average Bonchev–Trinajstić information content (AvgIpc) is 3.25. The van der Waals surface area contributed by atoms with Crippen molar-refractivity contribution >= 4 is 11.0 Å². The summed E-state index contributed by atoms with van der Waals surface area (Å²) in [6.45, 7) is 17.2. The topological polar surface area (TPSA) is 90.5 Å². The van der Waals surface area contributed by atoms with Crippen molar-refractivity contribution in [3.05, 3.63) is 73.3 Å². The Kier molecular flexibility index (Phi) is 16.7. The maximum atomic E-state index is 4.46. The third kappa shape index (κ3) is 17.6. The van der Waals surface area contributed by atoms with Gasteiger partial charge in [0.05, 0.1) is 5.69 Å². The minimum Gasteiger partial charge on any atom is -0.261 e. The van der Waals surface area contributed by atoms with Crippen LogP contribution in [0.15, 0.2) is 72.3 Å². The van der Waals surface area contributed by atoms with Gasteiger partial charge in [0.15, 0.2) is 0 Å². The molecule has 32 heavy (non-hydrogen) atoms. The van der Waals surface area contributed by atoms with Crippen molar-refractivity contribution < 1.29 is 4.63 Å². The van der Waals surface area contributed by atoms with Gasteiger partial charge in [-0.3, -0.25) is 9.97 Å². The van der Waals surface area contributed by atoms with Crippen molar-refractivity contribution in [1.29, 1.82) is 0 Å². The molecule has 3 heterocycles. The van der Waals surface area contributed by atoms with Crippen molar-refractivity contribution in [2.45, 2.75) is 61.3 Å². The van der Waals surface area contributed by atoms with Gasteiger partial charge in [-0.25, -0.2) is 14.6 Å². The summed E-state index contributed by atoms with van der Waals surface area (Å²) in [6.07, 6.45) is 10.1. The molecular formula is C25H38N6O. The molecule has 0 aliphatic heterocycles. The predicted molar refractivity (Wildman–Crippen MR) is 131 cm³/mol. The SMILES string of the molecule is CC(C)C.CC(C)C.CC(C)c1cnccn1.c1ccc2nonc2c1.c1cncnc1. The minimum absolute atomic E-state index is 0.485. The van der Waals surface area contributed by atoms with E-state index in [4.69, 9.17) is 0 Å². The fourth-order valence-corrected chi connectivity index (χ4v) is 1.59. The molecule has 0 fully saturated rings. The Labute approximate surface area is 192 Å². The lowest BCUT2D eigenvalue weighted by Crippen LogP contribution is -1.91. The summed E-state index contributed by atoms with van der Waals surface area (Å²) < 4.78 is 4.46. The zero-order valence-corrected chi connectivity index (χ0v) is 20.7. The normalized spacial score (nSPS) is 9.47. The summed E-state index contributed by atoms with van der Waals surface area (Å²) in [5, 5.41) is 7.27. The molecule has 174 valence electrons. The Bertz CT molecular complexity index is 827. The second kappa shape index (κ2) is 18.5. The summed E-state index contributed by atoms with van der Waals surface area (Å²) in [7, 11) is 0. The van der Waals surface area contributed by atoms with Crippen LogP contribution in [0.4, 0.5) is 0 Å². The Morgan fingerprint density at radius 2 is 1.12 bits per heavy atom. The number of aromatic nitrogens is 6. The van der Waals surface area contributed by atoms with Gasteiger partial charge in [0.2, 0.25) is 0 Å². The first kappa shape index (κ1) is 28.8. The second-order valence-electron chi connectivity index (χ2n) is 8.41. The van der Waals surface area contributed by atoms with Gasteiger partial charge in [-0.2, -0.15) is 0 Å². The molecule has 0 aliphatic rings. The smallest absolute Gasteiger partial charge is 0.135 e. The third-order valence-electron chi connectivity index (χ3n) is 2.81. The van der Waals surface area contributed by atoms with E-state index in [1.807, 2.05) is 24.3 Å². The molecule has 0 atom stereocenters. The fraction of sp³-hybridized carbons (Fsp3) is 0.440. The Morgan fingerprint density at radius 1 is 0.625 bits per heavy atom. The van der Waals surface area contributed by atoms with Crippen LogP contribution in [0.2, 0.25) is 0 Å². The molecule has 7 heteroatoms. The van der Waals surface area contributed by atoms with Crippen LogP contribution in [-0.2, 0) is 0 Å². The van der Waals surface area contributed by atoms with Crippen molar-refractivity contribution in [2.75, 3.05) is 0 Å². The molecule has 3 aromatic heterocycles. The highest BCUT2D eigenvalue weighted by Crippen LogP contribution is 2.07. The predicted octanol–water partition coefficient (Wildman–Crippen LogP) is 6.62. The highest BCUT2D eigenvalue weighted by Gasteiger charge is 1.96. The van der Waals surface area contributed by atoms with E-state index in [9.17, 15) is 0 Å². The zero-order chi connectivity index (χ0) is 24.2. The van der Waals surface area contributed by atoms with Crippen molar-refractivity contribution in [3.8, 4) is 0 Å². The first-order chi connectivity index (χ1) is 15.2. The maximum Gasteiger partial charge on any atom is 0.135 e. The fourth-order valence-electron chi connectivity index (χ4n) is 1.59. The highest BCUT2D eigenvalue weighted by atomic mass is 16.6. The molecule has 7 nitrogen and oxygen atoms in total. The molecule has 0 saturated heterocycles. The zero-order valence-electron chi connectivity index (χ0n) is 20.7. The standard InChI is InChI=1S/C7H10N2.C6H4N2O.C4H4N2.2C4H10/c1-6(2)7-5-8-3-4-9-7;1-2-4-6-5(3-1)7-9-8-6;1-2-5-4-6-3-1;2*1-4(2)3/h3-6H,1-2H3;1-4H;1-4H;2*4H,1-3H3. The van der Waals surface area contributed by atoms with Gasteiger partial charge < -0.3 is 0 Å². The molecule has 4 rings (SSSR count). The first-order valence-corrected chi connectivity index (χ1v) is 10.9. The monoisotopic (exact) mass is 438 g/mol. The van der Waals surface area contributed by atoms with Crippen molar-refractivity contribution in [2.24, 2.45) is 11.8 Å². The van der Waals surface area contributed by atoms with Gasteiger partial charge in [0.25, 0.3) is 0 Å². The Hall–Kier alpha value is -3.22. The lowest BCUT2D eigenvalue weighted by atomic mass is 10.1. The van der Waals surface area contributed by atoms with Gasteiger partial charge in [-0.15, -0.1) is 0 Å². The summed E-state index contributed by atoms with van der Waals surface area (Å²) in [4.78, 5) is 15.4. The van der Waals surface area contributed by atoms with Crippen molar-refractivity contribution in [3.63, 3.8) is 0 Å². The van der Waals surface area contributed by atoms with Crippen LogP contribution >= 0.6 is 0 Å². The lowest BCUT2D eigenvalue weighted by Gasteiger charge is -1.99. The van der Waals surface area contributed by atoms with E-state index in [2.05, 4.69) is 90.3 Å². The number of hydrogen-bond donors (Lipinski definition) is 0. The molecule has 0 saturated carbocycles. The van der Waals surface area contributed by atoms with Crippen LogP contribution in [0.5, 0.6) is 0 Å². The van der Waals surface area contributed by atoms with Gasteiger partial charge >= 0.3 is 0 Å². The number of hydrogen-bond acceptors (Lipinski definition) is 7. The number of benzene rings is 1. The van der Waals surface area contributed by atoms with E-state index in [0.29, 0.717) is 5.92 Å². The number of fused-ring (bicyclic) bond motifs is 1. The van der Waals surface area contributed by atoms with E-state index in [0.717, 1.165) is 28.6 Å². The van der Waals surface area contributed by atoms with Crippen molar-refractivity contribution in [1.82, 2.24) is 30.2 Å². The number of rotatable bonds is 1. The van der Waals surface area contributed by atoms with E-state index in [1.54, 1.807) is 37.1 Å². The van der Waals surface area contributed by atoms with Crippen LogP contribution in [0.1, 0.15) is 67.0 Å². The first-order valence-electron chi connectivity index (χ1n) is 10.9. The van der Waals surface area contributed by atoms with Crippen LogP contribution in [0.25, 0.3) is 11.0 Å². The molecule has 1 aromatic carbocycles. The van der Waals surface area contributed by atoms with Gasteiger partial charge in [-0.05, 0) is 46.3 Å². The maximum absolute atomic E-state index is 4.46. The molecular weight excluding hydrogens is 400 g/mol. The minimum atomic E-state index is 0.485. The molecule has 4 aromatic rings. The van der Waals surface area contributed by atoms with Gasteiger partial charge in [0.1, 0.15) is 17.4 Å². The molecule has 0 radical (unpaired) electrons. The molecule has 0 unspecified atom stereocenters.